The van der Waals surface area contributed by atoms with Crippen LogP contribution in [0.4, 0.5) is 0 Å². The van der Waals surface area contributed by atoms with Gasteiger partial charge in [-0.15, -0.1) is 0 Å². The largest absolute Gasteiger partial charge is 0.390 e. The molecule has 5 rings (SSSR count). The lowest BCUT2D eigenvalue weighted by atomic mass is 10.1. The summed E-state index contributed by atoms with van der Waals surface area (Å²) in [6.45, 7) is 1.92. The van der Waals surface area contributed by atoms with Gasteiger partial charge in [0.05, 0.1) is 34.9 Å². The number of carbonyl (C=O) groups is 1. The number of para-hydroxylation sites is 1. The Morgan fingerprint density at radius 1 is 1.00 bits per heavy atom. The Morgan fingerprint density at radius 2 is 1.76 bits per heavy atom. The molecule has 0 spiro atoms. The third-order valence-electron chi connectivity index (χ3n) is 6.26. The number of piperazine rings is 1. The summed E-state index contributed by atoms with van der Waals surface area (Å²) in [6, 6.07) is 12.9. The number of nitrogens with zero attached hydrogens (tertiary/aromatic N) is 5. The van der Waals surface area contributed by atoms with Crippen LogP contribution in [-0.2, 0) is 9.84 Å². The summed E-state index contributed by atoms with van der Waals surface area (Å²) < 4.78 is 25.5. The minimum absolute atomic E-state index is 0.0306. The van der Waals surface area contributed by atoms with Gasteiger partial charge in [0.1, 0.15) is 5.69 Å². The van der Waals surface area contributed by atoms with Crippen LogP contribution in [0.3, 0.4) is 0 Å². The van der Waals surface area contributed by atoms with Crippen molar-refractivity contribution >= 4 is 15.7 Å². The van der Waals surface area contributed by atoms with Crippen LogP contribution >= 0.6 is 0 Å². The summed E-state index contributed by atoms with van der Waals surface area (Å²) in [5, 5.41) is 14.9. The number of aliphatic hydroxyl groups is 1. The topological polar surface area (TPSA) is 109 Å². The van der Waals surface area contributed by atoms with Gasteiger partial charge in [-0.2, -0.15) is 5.10 Å². The fraction of sp³-hybridized carbons (Fsp3) is 0.348. The van der Waals surface area contributed by atoms with Crippen molar-refractivity contribution in [2.75, 3.05) is 37.7 Å². The number of benzene rings is 1. The molecule has 2 aromatic heterocycles. The van der Waals surface area contributed by atoms with E-state index in [1.54, 1.807) is 28.2 Å². The molecule has 172 valence electrons. The maximum Gasteiger partial charge on any atom is 0.257 e. The van der Waals surface area contributed by atoms with Gasteiger partial charge < -0.3 is 10.0 Å². The number of amides is 1. The van der Waals surface area contributed by atoms with Gasteiger partial charge in [-0.3, -0.25) is 14.7 Å². The second-order valence-corrected chi connectivity index (χ2v) is 10.6. The highest BCUT2D eigenvalue weighted by atomic mass is 32.2. The lowest BCUT2D eigenvalue weighted by Gasteiger charge is -2.38. The van der Waals surface area contributed by atoms with E-state index in [4.69, 9.17) is 0 Å². The molecule has 1 N–H and O–H groups in total. The van der Waals surface area contributed by atoms with Gasteiger partial charge in [0.2, 0.25) is 0 Å². The average Bonchev–Trinajstić information content (AvgIpc) is 3.40. The van der Waals surface area contributed by atoms with E-state index in [1.165, 1.54) is 0 Å². The van der Waals surface area contributed by atoms with Gasteiger partial charge in [-0.25, -0.2) is 13.1 Å². The highest BCUT2D eigenvalue weighted by Gasteiger charge is 2.41. The lowest BCUT2D eigenvalue weighted by molar-refractivity contribution is 0.0377. The first-order valence-corrected chi connectivity index (χ1v) is 12.7. The monoisotopic (exact) mass is 467 g/mol. The second-order valence-electron chi connectivity index (χ2n) is 8.45. The molecule has 2 aliphatic rings. The number of rotatable bonds is 4. The minimum atomic E-state index is -3.22. The van der Waals surface area contributed by atoms with Crippen LogP contribution in [0.5, 0.6) is 0 Å². The predicted molar refractivity (Wildman–Crippen MR) is 123 cm³/mol. The van der Waals surface area contributed by atoms with Crippen molar-refractivity contribution in [3.05, 3.63) is 66.6 Å². The van der Waals surface area contributed by atoms with Gasteiger partial charge >= 0.3 is 0 Å². The molecule has 4 heterocycles. The van der Waals surface area contributed by atoms with E-state index >= 15 is 0 Å². The first-order valence-electron chi connectivity index (χ1n) is 10.9. The van der Waals surface area contributed by atoms with E-state index in [9.17, 15) is 18.3 Å². The lowest BCUT2D eigenvalue weighted by Crippen LogP contribution is -2.54. The van der Waals surface area contributed by atoms with E-state index in [1.807, 2.05) is 47.4 Å². The molecule has 1 amide bonds. The molecule has 2 atom stereocenters. The standard InChI is InChI=1S/C23H25N5O4S/c29-21-16-33(31,32)15-20(21)26-9-11-27(12-10-26)23(30)19-14-28(18-6-2-1-3-7-18)25-22(19)17-5-4-8-24-13-17/h1-8,13-14,20-21,29H,9-12,15-16H2/t20-,21+/m0/s1. The number of hydrogen-bond acceptors (Lipinski definition) is 7. The van der Waals surface area contributed by atoms with Crippen LogP contribution in [0.2, 0.25) is 0 Å². The molecule has 0 aliphatic carbocycles. The van der Waals surface area contributed by atoms with Crippen LogP contribution in [-0.4, -0.2) is 93.8 Å². The molecule has 10 heteroatoms. The molecule has 2 saturated heterocycles. The van der Waals surface area contributed by atoms with Crippen LogP contribution in [0.1, 0.15) is 10.4 Å². The SMILES string of the molecule is O=C(c1cn(-c2ccccc2)nc1-c1cccnc1)N1CCN([C@H]2CS(=O)(=O)C[C@H]2O)CC1. The summed E-state index contributed by atoms with van der Waals surface area (Å²) in [4.78, 5) is 21.4. The van der Waals surface area contributed by atoms with Crippen LogP contribution in [0.15, 0.2) is 61.1 Å². The second kappa shape index (κ2) is 8.69. The van der Waals surface area contributed by atoms with E-state index in [2.05, 4.69) is 10.1 Å². The molecular weight excluding hydrogens is 442 g/mol. The maximum absolute atomic E-state index is 13.5. The fourth-order valence-electron chi connectivity index (χ4n) is 4.55. The van der Waals surface area contributed by atoms with E-state index in [0.29, 0.717) is 37.4 Å². The van der Waals surface area contributed by atoms with Crippen molar-refractivity contribution in [1.82, 2.24) is 24.6 Å². The number of carbonyl (C=O) groups excluding carboxylic acids is 1. The molecule has 2 fully saturated rings. The molecule has 33 heavy (non-hydrogen) atoms. The summed E-state index contributed by atoms with van der Waals surface area (Å²) in [7, 11) is -3.22. The van der Waals surface area contributed by atoms with Crippen molar-refractivity contribution in [3.8, 4) is 16.9 Å². The van der Waals surface area contributed by atoms with Gasteiger partial charge in [-0.1, -0.05) is 18.2 Å². The minimum Gasteiger partial charge on any atom is -0.390 e. The fourth-order valence-corrected chi connectivity index (χ4v) is 6.38. The molecule has 0 radical (unpaired) electrons. The molecule has 0 bridgehead atoms. The molecule has 3 aromatic rings. The first-order chi connectivity index (χ1) is 15.9. The Morgan fingerprint density at radius 3 is 2.39 bits per heavy atom. The van der Waals surface area contributed by atoms with Crippen LogP contribution in [0, 0.1) is 0 Å². The highest BCUT2D eigenvalue weighted by molar-refractivity contribution is 7.91. The van der Waals surface area contributed by atoms with Gasteiger partial charge in [-0.05, 0) is 24.3 Å². The zero-order valence-corrected chi connectivity index (χ0v) is 18.8. The third-order valence-corrected chi connectivity index (χ3v) is 7.96. The van der Waals surface area contributed by atoms with Gasteiger partial charge in [0.25, 0.3) is 5.91 Å². The molecule has 0 saturated carbocycles. The predicted octanol–water partition coefficient (Wildman–Crippen LogP) is 0.850. The maximum atomic E-state index is 13.5. The highest BCUT2D eigenvalue weighted by Crippen LogP contribution is 2.26. The number of pyridine rings is 1. The average molecular weight is 468 g/mol. The molecule has 1 aromatic carbocycles. The van der Waals surface area contributed by atoms with E-state index < -0.39 is 22.0 Å². The normalized spacial score (nSPS) is 23.0. The van der Waals surface area contributed by atoms with Crippen molar-refractivity contribution < 1.29 is 18.3 Å². The Bertz CT molecular complexity index is 1240. The van der Waals surface area contributed by atoms with Gasteiger partial charge in [0.15, 0.2) is 9.84 Å². The molecular formula is C23H25N5O4S. The summed E-state index contributed by atoms with van der Waals surface area (Å²) >= 11 is 0. The molecule has 9 nitrogen and oxygen atoms in total. The van der Waals surface area contributed by atoms with Gasteiger partial charge in [0, 0.05) is 50.3 Å². The van der Waals surface area contributed by atoms with Crippen LogP contribution in [0.25, 0.3) is 16.9 Å². The number of hydrogen-bond donors (Lipinski definition) is 1. The van der Waals surface area contributed by atoms with Crippen molar-refractivity contribution in [2.45, 2.75) is 12.1 Å². The summed E-state index contributed by atoms with van der Waals surface area (Å²) in [5.41, 5.74) is 2.66. The van der Waals surface area contributed by atoms with Crippen molar-refractivity contribution in [2.24, 2.45) is 0 Å². The zero-order chi connectivity index (χ0) is 23.0. The molecule has 2 aliphatic heterocycles. The Balaban J connectivity index is 1.38. The van der Waals surface area contributed by atoms with Crippen molar-refractivity contribution in [1.29, 1.82) is 0 Å². The molecule has 0 unspecified atom stereocenters. The summed E-state index contributed by atoms with van der Waals surface area (Å²) in [5.74, 6) is -0.351. The van der Waals surface area contributed by atoms with Crippen molar-refractivity contribution in [3.63, 3.8) is 0 Å². The zero-order valence-electron chi connectivity index (χ0n) is 18.0. The van der Waals surface area contributed by atoms with E-state index in [0.717, 1.165) is 11.3 Å². The first kappa shape index (κ1) is 21.7. The number of sulfone groups is 1. The Kier molecular flexibility index (Phi) is 5.73. The number of aromatic nitrogens is 3. The smallest absolute Gasteiger partial charge is 0.257 e. The Labute approximate surface area is 192 Å². The summed E-state index contributed by atoms with van der Waals surface area (Å²) in [6.07, 6.45) is 4.24. The quantitative estimate of drug-likeness (QED) is 0.606. The van der Waals surface area contributed by atoms with E-state index in [-0.39, 0.29) is 17.4 Å². The third kappa shape index (κ3) is 4.41. The number of aliphatic hydroxyl groups excluding tert-OH is 1. The Hall–Kier alpha value is -3.08. The van der Waals surface area contributed by atoms with Crippen LogP contribution < -0.4 is 0 Å².